The van der Waals surface area contributed by atoms with Crippen molar-refractivity contribution in [2.24, 2.45) is 5.41 Å². The van der Waals surface area contributed by atoms with Gasteiger partial charge in [0.05, 0.1) is 31.8 Å². The molecule has 62 heavy (non-hydrogen) atoms. The van der Waals surface area contributed by atoms with Crippen LogP contribution in [0, 0.1) is 5.41 Å². The van der Waals surface area contributed by atoms with Crippen LogP contribution in [0.4, 0.5) is 0 Å². The molecule has 8 heteroatoms. The van der Waals surface area contributed by atoms with Gasteiger partial charge in [-0.3, -0.25) is 0 Å². The van der Waals surface area contributed by atoms with E-state index in [0.29, 0.717) is 26.4 Å². The van der Waals surface area contributed by atoms with Crippen molar-refractivity contribution in [1.82, 2.24) is 0 Å². The van der Waals surface area contributed by atoms with E-state index < -0.39 is 22.6 Å². The van der Waals surface area contributed by atoms with Crippen molar-refractivity contribution in [3.63, 3.8) is 0 Å². The number of benzene rings is 6. The van der Waals surface area contributed by atoms with E-state index in [1.54, 1.807) is 0 Å². The monoisotopic (exact) mass is 868 g/mol. The molecule has 0 aliphatic carbocycles. The van der Waals surface area contributed by atoms with Gasteiger partial charge < -0.3 is 27.1 Å². The number of aryl methyl sites for hydroxylation is 8. The number of hydrogen-bond acceptors (Lipinski definition) is 6. The highest BCUT2D eigenvalue weighted by Crippen LogP contribution is 2.53. The largest absolute Gasteiger partial charge is 0.426 e. The van der Waals surface area contributed by atoms with Crippen molar-refractivity contribution >= 4 is 17.2 Å². The molecule has 2 aliphatic rings. The van der Waals surface area contributed by atoms with E-state index in [0.717, 1.165) is 88.5 Å². The van der Waals surface area contributed by atoms with Crippen LogP contribution in [0.2, 0.25) is 0 Å². The Labute approximate surface area is 372 Å². The SMILES string of the molecule is C.c1ccc(CCCc2ccc(OP3OCC4(CO3)COP(Oc3ccc(CCCc5ccccc5)cc3CCCc3ccccc3)OC4)c(CCCc3ccccc3)c2)cc1. The van der Waals surface area contributed by atoms with Crippen LogP contribution in [-0.2, 0) is 69.5 Å². The molecule has 6 aromatic rings. The Hall–Kier alpha value is -4.38. The van der Waals surface area contributed by atoms with E-state index in [4.69, 9.17) is 27.1 Å². The maximum atomic E-state index is 6.50. The lowest BCUT2D eigenvalue weighted by Gasteiger charge is -2.41. The minimum atomic E-state index is -1.56. The molecule has 1 spiro atoms. The first-order valence-electron chi connectivity index (χ1n) is 22.0. The fourth-order valence-corrected chi connectivity index (χ4v) is 10.6. The fourth-order valence-electron chi connectivity index (χ4n) is 8.03. The lowest BCUT2D eigenvalue weighted by atomic mass is 9.93. The zero-order chi connectivity index (χ0) is 41.4. The van der Waals surface area contributed by atoms with Crippen LogP contribution in [0.3, 0.4) is 0 Å². The van der Waals surface area contributed by atoms with Gasteiger partial charge in [0.25, 0.3) is 0 Å². The van der Waals surface area contributed by atoms with E-state index in [2.05, 4.69) is 158 Å². The Morgan fingerprint density at radius 3 is 0.968 bits per heavy atom. The Kier molecular flexibility index (Phi) is 17.6. The predicted octanol–water partition coefficient (Wildman–Crippen LogP) is 14.0. The molecule has 2 fully saturated rings. The molecule has 2 saturated heterocycles. The first-order valence-corrected chi connectivity index (χ1v) is 24.2. The number of rotatable bonds is 20. The summed E-state index contributed by atoms with van der Waals surface area (Å²) in [5.41, 5.74) is 10.1. The van der Waals surface area contributed by atoms with Gasteiger partial charge in [0.1, 0.15) is 11.5 Å². The lowest BCUT2D eigenvalue weighted by molar-refractivity contribution is -0.0673. The molecule has 2 heterocycles. The van der Waals surface area contributed by atoms with Gasteiger partial charge in [0, 0.05) is 0 Å². The highest BCUT2D eigenvalue weighted by Gasteiger charge is 2.45. The van der Waals surface area contributed by atoms with Crippen molar-refractivity contribution in [2.75, 3.05) is 26.4 Å². The van der Waals surface area contributed by atoms with Gasteiger partial charge >= 0.3 is 17.2 Å². The van der Waals surface area contributed by atoms with E-state index in [-0.39, 0.29) is 7.43 Å². The Morgan fingerprint density at radius 1 is 0.355 bits per heavy atom. The molecule has 0 bridgehead atoms. The van der Waals surface area contributed by atoms with E-state index >= 15 is 0 Å². The van der Waals surface area contributed by atoms with E-state index in [9.17, 15) is 0 Å². The van der Waals surface area contributed by atoms with Gasteiger partial charge in [-0.2, -0.15) is 0 Å². The van der Waals surface area contributed by atoms with E-state index in [1.807, 2.05) is 0 Å². The second-order valence-electron chi connectivity index (χ2n) is 16.5. The molecule has 0 N–H and O–H groups in total. The third kappa shape index (κ3) is 13.8. The van der Waals surface area contributed by atoms with Gasteiger partial charge in [-0.05, 0) is 134 Å². The summed E-state index contributed by atoms with van der Waals surface area (Å²) >= 11 is 0. The maximum absolute atomic E-state index is 6.50. The molecule has 2 aliphatic heterocycles. The van der Waals surface area contributed by atoms with Crippen molar-refractivity contribution in [2.45, 2.75) is 84.5 Å². The summed E-state index contributed by atoms with van der Waals surface area (Å²) < 4.78 is 38.2. The summed E-state index contributed by atoms with van der Waals surface area (Å²) in [6.07, 6.45) is 12.3. The van der Waals surface area contributed by atoms with Crippen molar-refractivity contribution < 1.29 is 27.1 Å². The van der Waals surface area contributed by atoms with Crippen LogP contribution in [0.25, 0.3) is 0 Å². The Balaban J connectivity index is 0.00000578. The third-order valence-electron chi connectivity index (χ3n) is 11.6. The summed E-state index contributed by atoms with van der Waals surface area (Å²) in [6.45, 7) is 1.74. The lowest BCUT2D eigenvalue weighted by Crippen LogP contribution is -2.45. The second-order valence-corrected chi connectivity index (χ2v) is 18.8. The molecule has 0 saturated carbocycles. The molecule has 0 atom stereocenters. The standard InChI is InChI=1S/C53H58O6P2.CH4/c1-5-17-43(18-6-1)25-13-29-47-33-35-51(49(37-47)31-15-27-45-21-9-3-10-22-45)58-60-54-39-53(40-55-60)41-56-61(57-42-53)59-52-36-34-48(30-14-26-44-19-7-2-8-20-44)38-50(52)32-16-28-46-23-11-4-12-24-46;/h1-12,17-24,33-38H,13-16,25-32,39-42H2;1H4. The normalized spacial score (nSPS) is 18.5. The van der Waals surface area contributed by atoms with Crippen LogP contribution in [-0.4, -0.2) is 26.4 Å². The Bertz CT molecular complexity index is 2030. The summed E-state index contributed by atoms with van der Waals surface area (Å²) in [5.74, 6) is 1.69. The quantitative estimate of drug-likeness (QED) is 0.0713. The summed E-state index contributed by atoms with van der Waals surface area (Å²) in [6, 6.07) is 56.1. The van der Waals surface area contributed by atoms with Crippen LogP contribution in [0.1, 0.15) is 77.6 Å². The van der Waals surface area contributed by atoms with Crippen LogP contribution < -0.4 is 9.05 Å². The molecule has 0 aromatic heterocycles. The zero-order valence-corrected chi connectivity index (χ0v) is 37.0. The molecular weight excluding hydrogens is 807 g/mol. The summed E-state index contributed by atoms with van der Waals surface area (Å²) in [7, 11) is -3.12. The first kappa shape index (κ1) is 45.6. The van der Waals surface area contributed by atoms with Gasteiger partial charge in [0.2, 0.25) is 0 Å². The van der Waals surface area contributed by atoms with Gasteiger partial charge in [-0.15, -0.1) is 0 Å². The zero-order valence-electron chi connectivity index (χ0n) is 35.2. The fraction of sp³-hybridized carbons (Fsp3) is 0.333. The average Bonchev–Trinajstić information content (AvgIpc) is 3.31. The molecule has 0 unspecified atom stereocenters. The molecule has 6 aromatic carbocycles. The van der Waals surface area contributed by atoms with Gasteiger partial charge in [-0.25, -0.2) is 0 Å². The minimum Gasteiger partial charge on any atom is -0.426 e. The molecule has 8 rings (SSSR count). The molecule has 0 amide bonds. The smallest absolute Gasteiger partial charge is 0.397 e. The summed E-state index contributed by atoms with van der Waals surface area (Å²) in [5, 5.41) is 0. The van der Waals surface area contributed by atoms with Crippen LogP contribution in [0.15, 0.2) is 158 Å². The van der Waals surface area contributed by atoms with E-state index in [1.165, 1.54) is 44.5 Å². The first-order chi connectivity index (χ1) is 30.1. The van der Waals surface area contributed by atoms with Gasteiger partial charge in [-0.1, -0.05) is 153 Å². The maximum Gasteiger partial charge on any atom is 0.397 e. The summed E-state index contributed by atoms with van der Waals surface area (Å²) in [4.78, 5) is 0. The molecule has 6 nitrogen and oxygen atoms in total. The predicted molar refractivity (Wildman–Crippen MR) is 255 cm³/mol. The topological polar surface area (TPSA) is 55.4 Å². The Morgan fingerprint density at radius 2 is 0.645 bits per heavy atom. The second kappa shape index (κ2) is 23.9. The molecule has 0 radical (unpaired) electrons. The van der Waals surface area contributed by atoms with Crippen LogP contribution in [0.5, 0.6) is 11.5 Å². The highest BCUT2D eigenvalue weighted by atomic mass is 31.2. The average molecular weight is 869 g/mol. The minimum absolute atomic E-state index is 0. The van der Waals surface area contributed by atoms with Gasteiger partial charge in [0.15, 0.2) is 0 Å². The molecular formula is C54H62O6P2. The highest BCUT2D eigenvalue weighted by molar-refractivity contribution is 7.42. The van der Waals surface area contributed by atoms with Crippen molar-refractivity contribution in [3.8, 4) is 11.5 Å². The number of hydrogen-bond donors (Lipinski definition) is 0. The molecule has 324 valence electrons. The van der Waals surface area contributed by atoms with Crippen molar-refractivity contribution in [1.29, 1.82) is 0 Å². The third-order valence-corrected chi connectivity index (χ3v) is 13.6. The van der Waals surface area contributed by atoms with Crippen molar-refractivity contribution in [3.05, 3.63) is 202 Å². The van der Waals surface area contributed by atoms with Crippen LogP contribution >= 0.6 is 17.2 Å².